The van der Waals surface area contributed by atoms with Crippen LogP contribution in [0, 0.1) is 10.1 Å². The predicted octanol–water partition coefficient (Wildman–Crippen LogP) is 2.51. The lowest BCUT2D eigenvalue weighted by Gasteiger charge is -2.08. The van der Waals surface area contributed by atoms with Gasteiger partial charge in [0.15, 0.2) is 5.75 Å². The Hall–Kier alpha value is -2.62. The summed E-state index contributed by atoms with van der Waals surface area (Å²) in [5, 5.41) is 22.5. The van der Waals surface area contributed by atoms with E-state index in [0.717, 1.165) is 43.0 Å². The highest BCUT2D eigenvalue weighted by molar-refractivity contribution is 7.99. The molecule has 156 valence electrons. The van der Waals surface area contributed by atoms with E-state index < -0.39 is 4.92 Å². The van der Waals surface area contributed by atoms with Crippen molar-refractivity contribution in [1.82, 2.24) is 20.1 Å². The largest absolute Gasteiger partial charge is 0.490 e. The van der Waals surface area contributed by atoms with Gasteiger partial charge in [0, 0.05) is 37.8 Å². The first kappa shape index (κ1) is 21.1. The number of carbonyl (C=O) groups is 1. The molecule has 3 rings (SSSR count). The molecule has 1 amide bonds. The van der Waals surface area contributed by atoms with Crippen molar-refractivity contribution in [2.24, 2.45) is 0 Å². The minimum atomic E-state index is -0.467. The van der Waals surface area contributed by atoms with E-state index in [9.17, 15) is 14.9 Å². The molecule has 2 heterocycles. The summed E-state index contributed by atoms with van der Waals surface area (Å²) in [7, 11) is 1.40. The number of rotatable bonds is 9. The molecule has 1 aliphatic rings. The minimum Gasteiger partial charge on any atom is -0.490 e. The van der Waals surface area contributed by atoms with Gasteiger partial charge in [-0.05, 0) is 24.5 Å². The normalized spacial score (nSPS) is 13.4. The van der Waals surface area contributed by atoms with Gasteiger partial charge in [-0.25, -0.2) is 0 Å². The van der Waals surface area contributed by atoms with Crippen molar-refractivity contribution in [2.75, 3.05) is 19.4 Å². The van der Waals surface area contributed by atoms with E-state index >= 15 is 0 Å². The third-order valence-electron chi connectivity index (χ3n) is 4.80. The number of fused-ring (bicyclic) bond motifs is 1. The van der Waals surface area contributed by atoms with E-state index in [-0.39, 0.29) is 23.1 Å². The molecule has 0 unspecified atom stereocenters. The average molecular weight is 420 g/mol. The molecule has 0 atom stereocenters. The van der Waals surface area contributed by atoms with Gasteiger partial charge < -0.3 is 14.6 Å². The molecule has 0 fully saturated rings. The maximum Gasteiger partial charge on any atom is 0.311 e. The lowest BCUT2D eigenvalue weighted by Crippen LogP contribution is -2.28. The molecule has 9 nitrogen and oxygen atoms in total. The Bertz CT molecular complexity index is 870. The van der Waals surface area contributed by atoms with Crippen LogP contribution in [0.4, 0.5) is 5.69 Å². The lowest BCUT2D eigenvalue weighted by atomic mass is 10.2. The number of benzene rings is 1. The molecule has 1 N–H and O–H groups in total. The number of nitrogens with one attached hydrogen (secondary N) is 1. The van der Waals surface area contributed by atoms with Gasteiger partial charge in [-0.15, -0.1) is 22.0 Å². The summed E-state index contributed by atoms with van der Waals surface area (Å²) in [6, 6.07) is 4.84. The zero-order valence-corrected chi connectivity index (χ0v) is 17.2. The number of aryl methyl sites for hydroxylation is 1. The van der Waals surface area contributed by atoms with E-state index in [1.54, 1.807) is 12.1 Å². The van der Waals surface area contributed by atoms with Gasteiger partial charge in [0.1, 0.15) is 11.6 Å². The summed E-state index contributed by atoms with van der Waals surface area (Å²) in [4.78, 5) is 22.7. The van der Waals surface area contributed by atoms with Crippen LogP contribution < -0.4 is 10.1 Å². The van der Waals surface area contributed by atoms with Gasteiger partial charge in [0.2, 0.25) is 5.91 Å². The number of aromatic nitrogens is 3. The van der Waals surface area contributed by atoms with Crippen LogP contribution in [0.5, 0.6) is 5.75 Å². The first-order valence-corrected chi connectivity index (χ1v) is 10.8. The molecule has 29 heavy (non-hydrogen) atoms. The maximum absolute atomic E-state index is 12.1. The molecule has 0 spiro atoms. The smallest absolute Gasteiger partial charge is 0.311 e. The van der Waals surface area contributed by atoms with Crippen LogP contribution in [0.2, 0.25) is 0 Å². The van der Waals surface area contributed by atoms with Crippen LogP contribution in [0.25, 0.3) is 0 Å². The highest BCUT2D eigenvalue weighted by Crippen LogP contribution is 2.28. The number of nitro benzene ring substituents is 1. The first-order chi connectivity index (χ1) is 14.1. The zero-order chi connectivity index (χ0) is 20.6. The predicted molar refractivity (Wildman–Crippen MR) is 110 cm³/mol. The molecule has 0 radical (unpaired) electrons. The van der Waals surface area contributed by atoms with Crippen molar-refractivity contribution in [1.29, 1.82) is 0 Å². The second-order valence-electron chi connectivity index (χ2n) is 6.85. The van der Waals surface area contributed by atoms with Gasteiger partial charge >= 0.3 is 5.69 Å². The molecular weight excluding hydrogens is 394 g/mol. The second kappa shape index (κ2) is 10.2. The molecule has 2 aromatic rings. The molecule has 1 aliphatic heterocycles. The Balaban J connectivity index is 1.41. The lowest BCUT2D eigenvalue weighted by molar-refractivity contribution is -0.385. The zero-order valence-electron chi connectivity index (χ0n) is 16.4. The van der Waals surface area contributed by atoms with Crippen molar-refractivity contribution < 1.29 is 14.5 Å². The summed E-state index contributed by atoms with van der Waals surface area (Å²) < 4.78 is 7.18. The number of ether oxygens (including phenoxy) is 1. The van der Waals surface area contributed by atoms with E-state index in [1.807, 2.05) is 0 Å². The average Bonchev–Trinajstić information content (AvgIpc) is 2.94. The Kier molecular flexibility index (Phi) is 7.45. The third-order valence-corrected chi connectivity index (χ3v) is 5.80. The Morgan fingerprint density at radius 2 is 2.21 bits per heavy atom. The topological polar surface area (TPSA) is 112 Å². The summed E-state index contributed by atoms with van der Waals surface area (Å²) in [6.45, 7) is 1.47. The van der Waals surface area contributed by atoms with Crippen LogP contribution in [-0.4, -0.2) is 45.0 Å². The Morgan fingerprint density at radius 1 is 1.34 bits per heavy atom. The number of amides is 1. The third kappa shape index (κ3) is 5.69. The number of methoxy groups -OCH3 is 1. The van der Waals surface area contributed by atoms with Crippen molar-refractivity contribution >= 4 is 23.4 Å². The second-order valence-corrected chi connectivity index (χ2v) is 7.84. The summed E-state index contributed by atoms with van der Waals surface area (Å²) >= 11 is 1.41. The van der Waals surface area contributed by atoms with Crippen LogP contribution in [-0.2, 0) is 29.9 Å². The number of nitrogens with zero attached hydrogens (tertiary/aromatic N) is 4. The summed E-state index contributed by atoms with van der Waals surface area (Å²) in [5.74, 6) is 2.95. The molecule has 1 aromatic heterocycles. The Labute approximate surface area is 173 Å². The number of thioether (sulfide) groups is 1. The number of hydrogen-bond donors (Lipinski definition) is 1. The standard InChI is InChI=1S/C19H25N5O4S/c1-28-16-7-6-14(11-15(16)24(26)27)12-29-13-19(25)20-9-8-18-22-21-17-5-3-2-4-10-23(17)18/h6-7,11H,2-5,8-10,12-13H2,1H3,(H,20,25). The Morgan fingerprint density at radius 3 is 3.00 bits per heavy atom. The molecule has 0 saturated carbocycles. The molecule has 1 aromatic carbocycles. The molecule has 10 heteroatoms. The van der Waals surface area contributed by atoms with Crippen molar-refractivity contribution in [2.45, 2.75) is 44.4 Å². The van der Waals surface area contributed by atoms with Gasteiger partial charge in [0.05, 0.1) is 17.8 Å². The number of carbonyl (C=O) groups excluding carboxylic acids is 1. The van der Waals surface area contributed by atoms with Crippen molar-refractivity contribution in [3.63, 3.8) is 0 Å². The van der Waals surface area contributed by atoms with Gasteiger partial charge in [-0.2, -0.15) is 0 Å². The van der Waals surface area contributed by atoms with E-state index in [2.05, 4.69) is 20.1 Å². The summed E-state index contributed by atoms with van der Waals surface area (Å²) in [6.07, 6.45) is 5.15. The number of nitro groups is 1. The molecule has 0 aliphatic carbocycles. The van der Waals surface area contributed by atoms with E-state index in [1.165, 1.54) is 31.4 Å². The van der Waals surface area contributed by atoms with Crippen LogP contribution in [0.3, 0.4) is 0 Å². The number of hydrogen-bond acceptors (Lipinski definition) is 7. The molecule has 0 saturated heterocycles. The van der Waals surface area contributed by atoms with Gasteiger partial charge in [0.25, 0.3) is 0 Å². The van der Waals surface area contributed by atoms with Crippen LogP contribution in [0.15, 0.2) is 18.2 Å². The molecular formula is C19H25N5O4S. The maximum atomic E-state index is 12.1. The first-order valence-electron chi connectivity index (χ1n) is 9.65. The minimum absolute atomic E-state index is 0.0615. The fraction of sp³-hybridized carbons (Fsp3) is 0.526. The quantitative estimate of drug-likeness (QED) is 0.491. The molecule has 0 bridgehead atoms. The van der Waals surface area contributed by atoms with E-state index in [0.29, 0.717) is 18.7 Å². The SMILES string of the molecule is COc1ccc(CSCC(=O)NCCc2nnc3n2CCCCC3)cc1[N+](=O)[O-]. The highest BCUT2D eigenvalue weighted by atomic mass is 32.2. The van der Waals surface area contributed by atoms with E-state index in [4.69, 9.17) is 4.74 Å². The van der Waals surface area contributed by atoms with Crippen LogP contribution in [0.1, 0.15) is 36.5 Å². The monoisotopic (exact) mass is 419 g/mol. The highest BCUT2D eigenvalue weighted by Gasteiger charge is 2.16. The van der Waals surface area contributed by atoms with Crippen LogP contribution >= 0.6 is 11.8 Å². The fourth-order valence-electron chi connectivity index (χ4n) is 3.32. The van der Waals surface area contributed by atoms with Gasteiger partial charge in [-0.3, -0.25) is 14.9 Å². The van der Waals surface area contributed by atoms with Gasteiger partial charge in [-0.1, -0.05) is 12.5 Å². The van der Waals surface area contributed by atoms with Crippen molar-refractivity contribution in [3.8, 4) is 5.75 Å². The fourth-order valence-corrected chi connectivity index (χ4v) is 4.13. The van der Waals surface area contributed by atoms with Crippen molar-refractivity contribution in [3.05, 3.63) is 45.5 Å². The summed E-state index contributed by atoms with van der Waals surface area (Å²) in [5.41, 5.74) is 0.712.